The SMILES string of the molecule is CCOc1ccc(Nc2ncccc2C(=O)NCc2ccnc(N(C)C)c2)cc1. The van der Waals surface area contributed by atoms with Crippen molar-refractivity contribution in [2.75, 3.05) is 30.9 Å². The van der Waals surface area contributed by atoms with E-state index in [-0.39, 0.29) is 5.91 Å². The zero-order chi connectivity index (χ0) is 20.6. The highest BCUT2D eigenvalue weighted by Crippen LogP contribution is 2.21. The number of hydrogen-bond donors (Lipinski definition) is 2. The number of nitrogens with zero attached hydrogens (tertiary/aromatic N) is 3. The Kier molecular flexibility index (Phi) is 6.63. The Labute approximate surface area is 170 Å². The van der Waals surface area contributed by atoms with Crippen LogP contribution in [-0.4, -0.2) is 36.6 Å². The minimum atomic E-state index is -0.199. The summed E-state index contributed by atoms with van der Waals surface area (Å²) in [5.74, 6) is 1.94. The van der Waals surface area contributed by atoms with Crippen LogP contribution in [0.5, 0.6) is 5.75 Å². The molecule has 150 valence electrons. The monoisotopic (exact) mass is 391 g/mol. The number of pyridine rings is 2. The zero-order valence-corrected chi connectivity index (χ0v) is 16.8. The van der Waals surface area contributed by atoms with E-state index in [1.807, 2.05) is 62.3 Å². The van der Waals surface area contributed by atoms with Gasteiger partial charge in [-0.15, -0.1) is 0 Å². The average Bonchev–Trinajstić information content (AvgIpc) is 2.74. The lowest BCUT2D eigenvalue weighted by Crippen LogP contribution is -2.24. The summed E-state index contributed by atoms with van der Waals surface area (Å²) in [5.41, 5.74) is 2.27. The minimum absolute atomic E-state index is 0.199. The van der Waals surface area contributed by atoms with Crippen molar-refractivity contribution >= 4 is 23.2 Å². The molecule has 0 aliphatic rings. The summed E-state index contributed by atoms with van der Waals surface area (Å²) < 4.78 is 5.46. The first-order valence-electron chi connectivity index (χ1n) is 9.42. The molecule has 7 nitrogen and oxygen atoms in total. The Morgan fingerprint density at radius 2 is 1.86 bits per heavy atom. The van der Waals surface area contributed by atoms with Crippen LogP contribution in [0.3, 0.4) is 0 Å². The van der Waals surface area contributed by atoms with Crippen LogP contribution in [0.2, 0.25) is 0 Å². The molecule has 2 heterocycles. The van der Waals surface area contributed by atoms with Crippen molar-refractivity contribution in [3.63, 3.8) is 0 Å². The van der Waals surface area contributed by atoms with Crippen LogP contribution < -0.4 is 20.3 Å². The molecule has 7 heteroatoms. The number of anilines is 3. The predicted octanol–water partition coefficient (Wildman–Crippen LogP) is 3.61. The molecule has 0 spiro atoms. The van der Waals surface area contributed by atoms with Gasteiger partial charge >= 0.3 is 0 Å². The second-order valence-electron chi connectivity index (χ2n) is 6.58. The van der Waals surface area contributed by atoms with E-state index in [0.717, 1.165) is 22.8 Å². The quantitative estimate of drug-likeness (QED) is 0.611. The van der Waals surface area contributed by atoms with E-state index in [1.165, 1.54) is 0 Å². The van der Waals surface area contributed by atoms with Gasteiger partial charge in [0, 0.05) is 38.7 Å². The summed E-state index contributed by atoms with van der Waals surface area (Å²) in [6, 6.07) is 14.9. The molecule has 0 saturated carbocycles. The van der Waals surface area contributed by atoms with Gasteiger partial charge in [-0.2, -0.15) is 0 Å². The highest BCUT2D eigenvalue weighted by Gasteiger charge is 2.13. The van der Waals surface area contributed by atoms with E-state index in [9.17, 15) is 4.79 Å². The van der Waals surface area contributed by atoms with E-state index in [4.69, 9.17) is 4.74 Å². The van der Waals surface area contributed by atoms with Crippen LogP contribution in [0.25, 0.3) is 0 Å². The molecule has 2 N–H and O–H groups in total. The number of ether oxygens (including phenoxy) is 1. The molecule has 1 aromatic carbocycles. The fraction of sp³-hybridized carbons (Fsp3) is 0.227. The van der Waals surface area contributed by atoms with Gasteiger partial charge in [0.25, 0.3) is 5.91 Å². The number of nitrogens with one attached hydrogen (secondary N) is 2. The van der Waals surface area contributed by atoms with Crippen LogP contribution >= 0.6 is 0 Å². The van der Waals surface area contributed by atoms with Gasteiger partial charge in [0.1, 0.15) is 17.4 Å². The van der Waals surface area contributed by atoms with E-state index in [1.54, 1.807) is 24.5 Å². The van der Waals surface area contributed by atoms with Crippen molar-refractivity contribution in [2.24, 2.45) is 0 Å². The first kappa shape index (κ1) is 20.1. The molecule has 0 bridgehead atoms. The second kappa shape index (κ2) is 9.54. The summed E-state index contributed by atoms with van der Waals surface area (Å²) in [6.45, 7) is 2.96. The van der Waals surface area contributed by atoms with Gasteiger partial charge < -0.3 is 20.3 Å². The van der Waals surface area contributed by atoms with Gasteiger partial charge in [-0.25, -0.2) is 9.97 Å². The number of carbonyl (C=O) groups excluding carboxylic acids is 1. The van der Waals surface area contributed by atoms with Gasteiger partial charge in [0.15, 0.2) is 0 Å². The van der Waals surface area contributed by atoms with Gasteiger partial charge in [0.05, 0.1) is 12.2 Å². The Balaban J connectivity index is 1.69. The first-order chi connectivity index (χ1) is 14.1. The Hall–Kier alpha value is -3.61. The fourth-order valence-corrected chi connectivity index (χ4v) is 2.72. The molecule has 0 radical (unpaired) electrons. The maximum Gasteiger partial charge on any atom is 0.255 e. The molecule has 1 amide bonds. The third kappa shape index (κ3) is 5.44. The highest BCUT2D eigenvalue weighted by molar-refractivity contribution is 5.99. The minimum Gasteiger partial charge on any atom is -0.494 e. The molecule has 0 atom stereocenters. The van der Waals surface area contributed by atoms with Crippen molar-refractivity contribution in [1.82, 2.24) is 15.3 Å². The Morgan fingerprint density at radius 3 is 2.59 bits per heavy atom. The molecule has 0 aliphatic carbocycles. The average molecular weight is 391 g/mol. The molecule has 0 saturated heterocycles. The van der Waals surface area contributed by atoms with Crippen molar-refractivity contribution in [3.05, 3.63) is 72.1 Å². The summed E-state index contributed by atoms with van der Waals surface area (Å²) in [5, 5.41) is 6.15. The van der Waals surface area contributed by atoms with Gasteiger partial charge in [-0.05, 0) is 61.0 Å². The third-order valence-corrected chi connectivity index (χ3v) is 4.20. The normalized spacial score (nSPS) is 10.3. The van der Waals surface area contributed by atoms with E-state index in [2.05, 4.69) is 20.6 Å². The van der Waals surface area contributed by atoms with Crippen LogP contribution in [0.4, 0.5) is 17.3 Å². The molecule has 29 heavy (non-hydrogen) atoms. The molecule has 2 aromatic heterocycles. The zero-order valence-electron chi connectivity index (χ0n) is 16.8. The smallest absolute Gasteiger partial charge is 0.255 e. The number of benzene rings is 1. The number of hydrogen-bond acceptors (Lipinski definition) is 6. The van der Waals surface area contributed by atoms with Crippen LogP contribution in [0.15, 0.2) is 60.9 Å². The number of rotatable bonds is 8. The van der Waals surface area contributed by atoms with E-state index in [0.29, 0.717) is 24.5 Å². The first-order valence-corrected chi connectivity index (χ1v) is 9.42. The van der Waals surface area contributed by atoms with Crippen LogP contribution in [0.1, 0.15) is 22.8 Å². The van der Waals surface area contributed by atoms with Gasteiger partial charge in [0.2, 0.25) is 0 Å². The maximum absolute atomic E-state index is 12.7. The van der Waals surface area contributed by atoms with Crippen LogP contribution in [0, 0.1) is 0 Å². The summed E-state index contributed by atoms with van der Waals surface area (Å²) in [4.78, 5) is 23.3. The Morgan fingerprint density at radius 1 is 1.07 bits per heavy atom. The Bertz CT molecular complexity index is 957. The summed E-state index contributed by atoms with van der Waals surface area (Å²) in [6.07, 6.45) is 3.39. The second-order valence-corrected chi connectivity index (χ2v) is 6.58. The number of amides is 1. The largest absolute Gasteiger partial charge is 0.494 e. The third-order valence-electron chi connectivity index (χ3n) is 4.20. The lowest BCUT2D eigenvalue weighted by atomic mass is 10.2. The number of carbonyl (C=O) groups is 1. The molecule has 0 unspecified atom stereocenters. The number of aromatic nitrogens is 2. The standard InChI is InChI=1S/C22H25N5O2/c1-4-29-18-9-7-17(8-10-18)26-21-19(6-5-12-24-21)22(28)25-15-16-11-13-23-20(14-16)27(2)3/h5-14H,4,15H2,1-3H3,(H,24,26)(H,25,28). The molecular formula is C22H25N5O2. The van der Waals surface area contributed by atoms with Gasteiger partial charge in [-0.1, -0.05) is 0 Å². The topological polar surface area (TPSA) is 79.4 Å². The molecular weight excluding hydrogens is 366 g/mol. The fourth-order valence-electron chi connectivity index (χ4n) is 2.72. The van der Waals surface area contributed by atoms with Crippen molar-refractivity contribution < 1.29 is 9.53 Å². The van der Waals surface area contributed by atoms with Gasteiger partial charge in [-0.3, -0.25) is 4.79 Å². The van der Waals surface area contributed by atoms with Crippen molar-refractivity contribution in [2.45, 2.75) is 13.5 Å². The van der Waals surface area contributed by atoms with Crippen LogP contribution in [-0.2, 0) is 6.54 Å². The predicted molar refractivity (Wildman–Crippen MR) is 115 cm³/mol. The van der Waals surface area contributed by atoms with Crippen molar-refractivity contribution in [1.29, 1.82) is 0 Å². The van der Waals surface area contributed by atoms with E-state index < -0.39 is 0 Å². The highest BCUT2D eigenvalue weighted by atomic mass is 16.5. The molecule has 3 rings (SSSR count). The summed E-state index contributed by atoms with van der Waals surface area (Å²) >= 11 is 0. The lowest BCUT2D eigenvalue weighted by Gasteiger charge is -2.14. The molecule has 3 aromatic rings. The lowest BCUT2D eigenvalue weighted by molar-refractivity contribution is 0.0951. The maximum atomic E-state index is 12.7. The summed E-state index contributed by atoms with van der Waals surface area (Å²) in [7, 11) is 3.86. The molecule has 0 aliphatic heterocycles. The van der Waals surface area contributed by atoms with E-state index >= 15 is 0 Å². The van der Waals surface area contributed by atoms with Crippen molar-refractivity contribution in [3.8, 4) is 5.75 Å². The molecule has 0 fully saturated rings.